The maximum atomic E-state index is 10.2. The Kier molecular flexibility index (Phi) is 12.2. The van der Waals surface area contributed by atoms with Crippen LogP contribution in [0.2, 0.25) is 26.2 Å². The fourth-order valence-corrected chi connectivity index (χ4v) is 13.5. The van der Waals surface area contributed by atoms with Crippen LogP contribution in [0, 0.1) is 0 Å². The molecule has 1 N–H and O–H groups in total. The zero-order valence-corrected chi connectivity index (χ0v) is 19.7. The molecule has 0 aromatic rings. The van der Waals surface area contributed by atoms with Crippen LogP contribution in [-0.2, 0) is 22.8 Å². The summed E-state index contributed by atoms with van der Waals surface area (Å²) in [5.74, 6) is 0. The topological polar surface area (TPSA) is 69.7 Å². The summed E-state index contributed by atoms with van der Waals surface area (Å²) in [6, 6.07) is 0. The maximum absolute atomic E-state index is 10.2. The zero-order valence-electron chi connectivity index (χ0n) is 15.5. The first kappa shape index (κ1) is 22.7. The van der Waals surface area contributed by atoms with Crippen LogP contribution in [-0.4, -0.2) is 84.8 Å². The van der Waals surface area contributed by atoms with Crippen molar-refractivity contribution in [3.8, 4) is 0 Å². The Morgan fingerprint density at radius 2 is 1.79 bits per heavy atom. The lowest BCUT2D eigenvalue weighted by Gasteiger charge is -2.25. The number of hydrogen-bond donors (Lipinski definition) is 1. The summed E-state index contributed by atoms with van der Waals surface area (Å²) in [4.78, 5) is 10.2. The molecule has 24 heavy (non-hydrogen) atoms. The second kappa shape index (κ2) is 12.9. The summed E-state index contributed by atoms with van der Waals surface area (Å²) in [5, 5.41) is 0. The predicted octanol–water partition coefficient (Wildman–Crippen LogP) is 0.988. The molecular weight excluding hydrogens is 376 g/mol. The largest absolute Gasteiger partial charge is 0.419 e. The van der Waals surface area contributed by atoms with E-state index in [2.05, 4.69) is 19.6 Å². The second-order valence-corrected chi connectivity index (χ2v) is 25.0. The Bertz CT molecular complexity index is 320. The highest BCUT2D eigenvalue weighted by Crippen LogP contribution is 2.08. The van der Waals surface area contributed by atoms with Crippen LogP contribution in [0.25, 0.3) is 0 Å². The molecule has 1 rings (SSSR count). The van der Waals surface area contributed by atoms with Gasteiger partial charge in [-0.25, -0.2) is 0 Å². The Morgan fingerprint density at radius 3 is 2.46 bits per heavy atom. The van der Waals surface area contributed by atoms with E-state index in [0.717, 1.165) is 61.3 Å². The van der Waals surface area contributed by atoms with Gasteiger partial charge < -0.3 is 27.5 Å². The lowest BCUT2D eigenvalue weighted by atomic mass is 10.3. The van der Waals surface area contributed by atoms with E-state index in [1.807, 2.05) is 6.55 Å². The third-order valence-corrected chi connectivity index (χ3v) is 21.2. The molecule has 2 atom stereocenters. The van der Waals surface area contributed by atoms with E-state index < -0.39 is 25.2 Å². The van der Waals surface area contributed by atoms with Gasteiger partial charge in [0.05, 0.1) is 20.3 Å². The maximum Gasteiger partial charge on any atom is 0.342 e. The van der Waals surface area contributed by atoms with E-state index in [1.54, 1.807) is 0 Å². The molecule has 0 aliphatic carbocycles. The van der Waals surface area contributed by atoms with Crippen LogP contribution in [0.1, 0.15) is 19.3 Å². The third kappa shape index (κ3) is 11.3. The molecule has 1 heterocycles. The molecule has 0 spiro atoms. The van der Waals surface area contributed by atoms with E-state index in [1.165, 1.54) is 0 Å². The highest BCUT2D eigenvalue weighted by Gasteiger charge is 2.35. The fraction of sp³-hybridized carbons (Fsp3) is 1.00. The van der Waals surface area contributed by atoms with E-state index >= 15 is 0 Å². The van der Waals surface area contributed by atoms with Crippen molar-refractivity contribution < 1.29 is 27.5 Å². The molecule has 141 valence electrons. The molecule has 10 heteroatoms. The molecule has 3 radical (unpaired) electrons. The van der Waals surface area contributed by atoms with Crippen molar-refractivity contribution >= 4 is 34.2 Å². The SMILES string of the molecule is C[Si][Si](C)(C)[Si](O)O[SiH](C)OCCCCOCCCOCC1CO1. The average Bonchev–Trinajstić information content (AvgIpc) is 3.36. The molecule has 0 bridgehead atoms. The first-order valence-electron chi connectivity index (χ1n) is 8.76. The van der Waals surface area contributed by atoms with Crippen molar-refractivity contribution in [1.29, 1.82) is 0 Å². The van der Waals surface area contributed by atoms with E-state index in [4.69, 9.17) is 22.8 Å². The van der Waals surface area contributed by atoms with Crippen LogP contribution in [0.15, 0.2) is 0 Å². The van der Waals surface area contributed by atoms with Gasteiger partial charge in [-0.1, -0.05) is 19.6 Å². The van der Waals surface area contributed by atoms with Gasteiger partial charge in [0.1, 0.15) is 6.10 Å². The van der Waals surface area contributed by atoms with Gasteiger partial charge in [0.15, 0.2) is 0 Å². The Morgan fingerprint density at radius 1 is 1.17 bits per heavy atom. The predicted molar refractivity (Wildman–Crippen MR) is 102 cm³/mol. The Balaban J connectivity index is 1.83. The summed E-state index contributed by atoms with van der Waals surface area (Å²) in [5.41, 5.74) is 0. The minimum atomic E-state index is -1.69. The fourth-order valence-electron chi connectivity index (χ4n) is 1.75. The molecule has 0 aromatic heterocycles. The van der Waals surface area contributed by atoms with Crippen LogP contribution in [0.3, 0.4) is 0 Å². The number of ether oxygens (including phenoxy) is 3. The molecular formula is C14H33O6Si4. The van der Waals surface area contributed by atoms with Crippen LogP contribution in [0.4, 0.5) is 0 Å². The smallest absolute Gasteiger partial charge is 0.342 e. The molecule has 1 saturated heterocycles. The number of epoxide rings is 1. The van der Waals surface area contributed by atoms with Crippen molar-refractivity contribution in [3.05, 3.63) is 0 Å². The highest BCUT2D eigenvalue weighted by atomic mass is 29.6. The minimum Gasteiger partial charge on any atom is -0.419 e. The summed E-state index contributed by atoms with van der Waals surface area (Å²) in [6.45, 7) is 13.1. The first-order chi connectivity index (χ1) is 11.5. The summed E-state index contributed by atoms with van der Waals surface area (Å²) >= 11 is 0. The van der Waals surface area contributed by atoms with E-state index in [0.29, 0.717) is 12.7 Å². The molecule has 6 nitrogen and oxygen atoms in total. The summed E-state index contributed by atoms with van der Waals surface area (Å²) in [7, 11) is -4.06. The third-order valence-electron chi connectivity index (χ3n) is 3.76. The van der Waals surface area contributed by atoms with Crippen molar-refractivity contribution in [3.63, 3.8) is 0 Å². The van der Waals surface area contributed by atoms with Gasteiger partial charge >= 0.3 is 18.1 Å². The molecule has 2 unspecified atom stereocenters. The summed E-state index contributed by atoms with van der Waals surface area (Å²) < 4.78 is 27.6. The van der Waals surface area contributed by atoms with Crippen LogP contribution in [0.5, 0.6) is 0 Å². The molecule has 1 aliphatic rings. The molecule has 1 aliphatic heterocycles. The minimum absolute atomic E-state index is 0.347. The van der Waals surface area contributed by atoms with E-state index in [-0.39, 0.29) is 0 Å². The molecule has 0 amide bonds. The van der Waals surface area contributed by atoms with Crippen molar-refractivity contribution in [2.45, 2.75) is 51.6 Å². The van der Waals surface area contributed by atoms with Crippen molar-refractivity contribution in [2.24, 2.45) is 0 Å². The standard InChI is InChI=1S/C14H33O6Si4/c1-21-24(3,4)23(15)20-22(2)19-11-6-5-8-16-9-7-10-17-12-14-13-18-14/h14-15,22H,5-13H2,1-4H3. The van der Waals surface area contributed by atoms with E-state index in [9.17, 15) is 4.80 Å². The normalized spacial score (nSPS) is 19.0. The van der Waals surface area contributed by atoms with Gasteiger partial charge in [-0.2, -0.15) is 0 Å². The highest BCUT2D eigenvalue weighted by molar-refractivity contribution is 7.51. The molecule has 0 saturated carbocycles. The molecule has 1 fully saturated rings. The Labute approximate surface area is 153 Å². The van der Waals surface area contributed by atoms with Gasteiger partial charge in [0.2, 0.25) is 0 Å². The van der Waals surface area contributed by atoms with Crippen molar-refractivity contribution in [1.82, 2.24) is 0 Å². The van der Waals surface area contributed by atoms with Gasteiger partial charge in [-0.05, 0) is 25.8 Å². The van der Waals surface area contributed by atoms with Crippen molar-refractivity contribution in [2.75, 3.05) is 39.6 Å². The van der Waals surface area contributed by atoms with Gasteiger partial charge in [-0.15, -0.1) is 0 Å². The lowest BCUT2D eigenvalue weighted by molar-refractivity contribution is 0.0732. The number of rotatable bonds is 16. The second-order valence-electron chi connectivity index (χ2n) is 6.44. The number of unbranched alkanes of at least 4 members (excludes halogenated alkanes) is 1. The summed E-state index contributed by atoms with van der Waals surface area (Å²) in [6.07, 6.45) is 3.24. The van der Waals surface area contributed by atoms with Crippen LogP contribution >= 0.6 is 0 Å². The van der Waals surface area contributed by atoms with Gasteiger partial charge in [0, 0.05) is 35.5 Å². The first-order valence-corrected chi connectivity index (χ1v) is 18.7. The monoisotopic (exact) mass is 409 g/mol. The quantitative estimate of drug-likeness (QED) is 0.233. The van der Waals surface area contributed by atoms with Gasteiger partial charge in [-0.3, -0.25) is 0 Å². The van der Waals surface area contributed by atoms with Crippen LogP contribution < -0.4 is 0 Å². The zero-order chi connectivity index (χ0) is 17.8. The number of hydrogen-bond acceptors (Lipinski definition) is 6. The lowest BCUT2D eigenvalue weighted by Crippen LogP contribution is -2.54. The van der Waals surface area contributed by atoms with Gasteiger partial charge in [0.25, 0.3) is 0 Å². The Hall–Kier alpha value is 0.628. The average molecular weight is 410 g/mol. The molecule has 0 aromatic carbocycles.